The molecule has 0 aromatic heterocycles. The first-order valence-corrected chi connectivity index (χ1v) is 35.6. The Kier molecular flexibility index (Phi) is 18.2. The lowest BCUT2D eigenvalue weighted by Crippen LogP contribution is -2.62. The van der Waals surface area contributed by atoms with Crippen molar-refractivity contribution in [1.29, 1.82) is 0 Å². The van der Waals surface area contributed by atoms with Crippen molar-refractivity contribution in [2.24, 2.45) is 0 Å². The van der Waals surface area contributed by atoms with Crippen molar-refractivity contribution in [3.8, 4) is 0 Å². The zero-order chi connectivity index (χ0) is 67.2. The molecule has 0 bridgehead atoms. The Balaban J connectivity index is 0.000000153. The van der Waals surface area contributed by atoms with E-state index >= 15 is 0 Å². The van der Waals surface area contributed by atoms with Gasteiger partial charge in [-0.1, -0.05) is 162 Å². The van der Waals surface area contributed by atoms with Gasteiger partial charge >= 0.3 is 18.1 Å². The molecule has 3 aliphatic carbocycles. The maximum Gasteiger partial charge on any atom is 0.356 e. The monoisotopic (exact) mass is 1350 g/mol. The molecule has 94 heavy (non-hydrogen) atoms. The molecule has 9 amide bonds. The van der Waals surface area contributed by atoms with Gasteiger partial charge in [-0.15, -0.1) is 8.61 Å². The number of ether oxygens (including phenoxy) is 3. The van der Waals surface area contributed by atoms with Gasteiger partial charge in [-0.05, 0) is 92.9 Å². The molecule has 3 saturated heterocycles. The summed E-state index contributed by atoms with van der Waals surface area (Å²) in [6.07, 6.45) is -0.589. The Morgan fingerprint density at radius 3 is 0.904 bits per heavy atom. The van der Waals surface area contributed by atoms with Crippen LogP contribution in [0.25, 0.3) is 0 Å². The highest BCUT2D eigenvalue weighted by molar-refractivity contribution is 7.92. The zero-order valence-corrected chi connectivity index (χ0v) is 54.6. The van der Waals surface area contributed by atoms with Gasteiger partial charge in [-0.25, -0.2) is 48.1 Å². The quantitative estimate of drug-likeness (QED) is 0.0807. The van der Waals surface area contributed by atoms with Crippen LogP contribution in [0.5, 0.6) is 0 Å². The van der Waals surface area contributed by atoms with Gasteiger partial charge in [0, 0.05) is 38.5 Å². The molecule has 27 heteroatoms. The van der Waals surface area contributed by atoms with Crippen LogP contribution in [-0.2, 0) is 88.5 Å². The highest BCUT2D eigenvalue weighted by atomic mass is 32.2. The Bertz CT molecular complexity index is 4290. The summed E-state index contributed by atoms with van der Waals surface area (Å²) in [5.74, 6) is -2.43. The number of carbonyl (C=O) groups excluding carboxylic acids is 6. The zero-order valence-electron chi connectivity index (χ0n) is 51.4. The van der Waals surface area contributed by atoms with Crippen LogP contribution in [0, 0.1) is 27.7 Å². The lowest BCUT2D eigenvalue weighted by Gasteiger charge is -2.46. The van der Waals surface area contributed by atoms with Crippen LogP contribution in [0.15, 0.2) is 208 Å². The summed E-state index contributed by atoms with van der Waals surface area (Å²) in [7, 11) is -18.5. The summed E-state index contributed by atoms with van der Waals surface area (Å²) in [5, 5.41) is 4.92. The number of benzene rings is 7. The maximum absolute atomic E-state index is 13.7. The van der Waals surface area contributed by atoms with Gasteiger partial charge in [0.2, 0.25) is 0 Å². The number of imide groups is 3. The fraction of sp³-hybridized carbons (Fsp3) is 0.284. The smallest absolute Gasteiger partial charge is 0.356 e. The number of aryl methyl sites for hydroxylation is 4. The third-order valence-electron chi connectivity index (χ3n) is 17.3. The number of sulfonamides is 4. The Morgan fingerprint density at radius 1 is 0.372 bits per heavy atom. The molecular formula is C67H66N6O17S4. The molecule has 490 valence electrons. The van der Waals surface area contributed by atoms with E-state index in [0.29, 0.717) is 28.1 Å². The number of amides is 9. The molecule has 0 radical (unpaired) electrons. The van der Waals surface area contributed by atoms with E-state index in [-0.39, 0.29) is 79.1 Å². The Labute approximate surface area is 544 Å². The number of hydrogen-bond donors (Lipinski definition) is 2. The molecule has 7 aromatic carbocycles. The largest absolute Gasteiger partial charge is 0.373 e. The summed E-state index contributed by atoms with van der Waals surface area (Å²) in [5.41, 5.74) is 1.51. The number of nitrogens with one attached hydrogen (secondary N) is 2. The molecule has 0 unspecified atom stereocenters. The van der Waals surface area contributed by atoms with Gasteiger partial charge in [0.15, 0.2) is 0 Å². The third-order valence-corrected chi connectivity index (χ3v) is 24.3. The molecule has 0 atom stereocenters. The summed E-state index contributed by atoms with van der Waals surface area (Å²) in [6, 6.07) is 48.1. The fourth-order valence-electron chi connectivity index (χ4n) is 11.9. The van der Waals surface area contributed by atoms with Crippen molar-refractivity contribution in [3.63, 3.8) is 0 Å². The predicted octanol–water partition coefficient (Wildman–Crippen LogP) is 8.47. The second-order valence-electron chi connectivity index (χ2n) is 24.0. The second kappa shape index (κ2) is 25.7. The van der Waals surface area contributed by atoms with Gasteiger partial charge in [-0.2, -0.15) is 8.61 Å². The van der Waals surface area contributed by atoms with Crippen LogP contribution in [0.4, 0.5) is 14.4 Å². The maximum atomic E-state index is 13.7. The first kappa shape index (κ1) is 66.5. The van der Waals surface area contributed by atoms with E-state index in [4.69, 9.17) is 14.2 Å². The average Bonchev–Trinajstić information content (AvgIpc) is 1.53. The minimum atomic E-state index is -4.67. The first-order valence-electron chi connectivity index (χ1n) is 29.9. The molecule has 23 nitrogen and oxygen atoms in total. The Morgan fingerprint density at radius 2 is 0.638 bits per heavy atom. The van der Waals surface area contributed by atoms with Crippen LogP contribution in [0.2, 0.25) is 0 Å². The van der Waals surface area contributed by atoms with E-state index in [1.54, 1.807) is 52.0 Å². The highest BCUT2D eigenvalue weighted by Crippen LogP contribution is 2.52. The normalized spacial score (nSPS) is 23.3. The molecule has 3 spiro atoms. The highest BCUT2D eigenvalue weighted by Gasteiger charge is 2.72. The van der Waals surface area contributed by atoms with Gasteiger partial charge in [0.1, 0.15) is 16.6 Å². The van der Waals surface area contributed by atoms with Crippen molar-refractivity contribution in [1.82, 2.24) is 27.9 Å². The van der Waals surface area contributed by atoms with E-state index in [1.807, 2.05) is 91.0 Å². The topological polar surface area (TPSA) is 304 Å². The molecule has 3 aliphatic heterocycles. The van der Waals surface area contributed by atoms with Gasteiger partial charge in [-0.3, -0.25) is 19.7 Å². The minimum absolute atomic E-state index is 0.0364. The van der Waals surface area contributed by atoms with Gasteiger partial charge < -0.3 is 19.5 Å². The number of nitrogens with zero attached hydrogens (tertiary/aromatic N) is 4. The number of rotatable bonds is 17. The van der Waals surface area contributed by atoms with E-state index in [2.05, 4.69) is 10.6 Å². The number of hydrogen-bond acceptors (Lipinski definition) is 17. The van der Waals surface area contributed by atoms with E-state index in [0.717, 1.165) is 38.9 Å². The standard InChI is InChI=1S/2C27H26N2O7S2.C13H14N2O3/c2*1-19-8-12-23(13-9-19)37(32,33)28-25(30)27(16-22(17-27)36-18-21-6-4-3-5-7-21)29(26(28)31)38(34,35)24-14-10-20(2)11-15-24;16-11-13(15-12(17)14-11)6-10(7-13)18-8-9-4-2-1-3-5-9/h2*3-15,22H,16-18H2,1-2H3;1-5,10H,6-8H2,(H2,14,15,16,17). The van der Waals surface area contributed by atoms with Crippen molar-refractivity contribution < 1.29 is 76.6 Å². The molecule has 6 fully saturated rings. The van der Waals surface area contributed by atoms with Crippen molar-refractivity contribution in [2.75, 3.05) is 0 Å². The molecule has 13 rings (SSSR count). The lowest BCUT2D eigenvalue weighted by atomic mass is 9.74. The van der Waals surface area contributed by atoms with Gasteiger partial charge in [0.25, 0.3) is 57.8 Å². The van der Waals surface area contributed by atoms with Gasteiger partial charge in [0.05, 0.1) is 57.7 Å². The van der Waals surface area contributed by atoms with Crippen LogP contribution < -0.4 is 10.6 Å². The van der Waals surface area contributed by atoms with Crippen LogP contribution in [0.3, 0.4) is 0 Å². The Hall–Kier alpha value is -8.96. The second-order valence-corrected chi connectivity index (χ2v) is 31.2. The lowest BCUT2D eigenvalue weighted by molar-refractivity contribution is -0.143. The first-order chi connectivity index (χ1) is 44.6. The molecule has 3 heterocycles. The number of urea groups is 3. The van der Waals surface area contributed by atoms with Crippen LogP contribution in [-0.4, -0.2) is 122 Å². The van der Waals surface area contributed by atoms with Crippen LogP contribution in [0.1, 0.15) is 77.5 Å². The third kappa shape index (κ3) is 12.5. The molecule has 7 aromatic rings. The fourth-order valence-corrected chi connectivity index (χ4v) is 18.1. The summed E-state index contributed by atoms with van der Waals surface area (Å²) < 4.78 is 127. The van der Waals surface area contributed by atoms with Crippen molar-refractivity contribution >= 4 is 75.9 Å². The van der Waals surface area contributed by atoms with Crippen molar-refractivity contribution in [3.05, 3.63) is 227 Å². The summed E-state index contributed by atoms with van der Waals surface area (Å²) in [6.45, 7) is 8.06. The summed E-state index contributed by atoms with van der Waals surface area (Å²) in [4.78, 5) is 76.3. The predicted molar refractivity (Wildman–Crippen MR) is 339 cm³/mol. The molecular weight excluding hydrogens is 1290 g/mol. The average molecular weight is 1360 g/mol. The van der Waals surface area contributed by atoms with Crippen molar-refractivity contribution in [2.45, 2.75) is 141 Å². The summed E-state index contributed by atoms with van der Waals surface area (Å²) >= 11 is 0. The van der Waals surface area contributed by atoms with Crippen LogP contribution >= 0.6 is 0 Å². The van der Waals surface area contributed by atoms with E-state index in [9.17, 15) is 62.4 Å². The van der Waals surface area contributed by atoms with E-state index < -0.39 is 98.8 Å². The number of carbonyl (C=O) groups is 6. The minimum Gasteiger partial charge on any atom is -0.373 e. The molecule has 6 aliphatic rings. The molecule has 3 saturated carbocycles. The van der Waals surface area contributed by atoms with E-state index in [1.165, 1.54) is 72.8 Å². The SMILES string of the molecule is Cc1ccc(S(=O)(=O)N2C(=O)N(S(=O)(=O)c3ccc(C)cc3)C3(CC(OCc4ccccc4)C3)C2=O)cc1.Cc1ccc(S(=O)(=O)N2C(=O)N(S(=O)(=O)c3ccc(C)cc3)C3(CC(OCc4ccccc4)C3)C2=O)cc1.O=C1NC(=O)C2(CC(OCc3ccccc3)C2)N1. The molecule has 2 N–H and O–H groups in total.